The molecule has 1 aromatic carbocycles. The van der Waals surface area contributed by atoms with Crippen molar-refractivity contribution in [1.82, 2.24) is 5.32 Å². The predicted octanol–water partition coefficient (Wildman–Crippen LogP) is 2.13. The summed E-state index contributed by atoms with van der Waals surface area (Å²) >= 11 is 0. The third-order valence-electron chi connectivity index (χ3n) is 3.28. The van der Waals surface area contributed by atoms with Crippen LogP contribution in [0.2, 0.25) is 0 Å². The standard InChI is InChI=1S/C15H23NO2/c1-12(2)18-14-6-4-13(5-7-14)10-15(17)8-3-9-16-11-15/h4-7,12,16-17H,3,8-11H2,1-2H3. The molecule has 1 unspecified atom stereocenters. The minimum Gasteiger partial charge on any atom is -0.491 e. The average molecular weight is 249 g/mol. The van der Waals surface area contributed by atoms with E-state index in [9.17, 15) is 5.11 Å². The molecule has 1 saturated heterocycles. The van der Waals surface area contributed by atoms with E-state index in [4.69, 9.17) is 4.74 Å². The monoisotopic (exact) mass is 249 g/mol. The van der Waals surface area contributed by atoms with Gasteiger partial charge in [-0.2, -0.15) is 0 Å². The van der Waals surface area contributed by atoms with Gasteiger partial charge in [0.25, 0.3) is 0 Å². The smallest absolute Gasteiger partial charge is 0.119 e. The molecule has 100 valence electrons. The Kier molecular flexibility index (Phi) is 4.25. The Bertz CT molecular complexity index is 367. The summed E-state index contributed by atoms with van der Waals surface area (Å²) in [7, 11) is 0. The fraction of sp³-hybridized carbons (Fsp3) is 0.600. The van der Waals surface area contributed by atoms with Gasteiger partial charge >= 0.3 is 0 Å². The molecule has 0 aromatic heterocycles. The minimum atomic E-state index is -0.585. The van der Waals surface area contributed by atoms with Gasteiger partial charge in [-0.25, -0.2) is 0 Å². The van der Waals surface area contributed by atoms with Crippen LogP contribution in [0.25, 0.3) is 0 Å². The Morgan fingerprint density at radius 1 is 1.33 bits per heavy atom. The second-order valence-electron chi connectivity index (χ2n) is 5.49. The van der Waals surface area contributed by atoms with E-state index in [2.05, 4.69) is 5.32 Å². The fourth-order valence-electron chi connectivity index (χ4n) is 2.44. The summed E-state index contributed by atoms with van der Waals surface area (Å²) in [4.78, 5) is 0. The molecule has 0 saturated carbocycles. The van der Waals surface area contributed by atoms with Crippen LogP contribution in [0.5, 0.6) is 5.75 Å². The summed E-state index contributed by atoms with van der Waals surface area (Å²) in [6.45, 7) is 5.75. The first-order chi connectivity index (χ1) is 8.57. The molecule has 1 fully saturated rings. The average Bonchev–Trinajstić information content (AvgIpc) is 2.31. The van der Waals surface area contributed by atoms with Crippen LogP contribution in [0.1, 0.15) is 32.3 Å². The molecular formula is C15H23NO2. The van der Waals surface area contributed by atoms with E-state index in [1.807, 2.05) is 38.1 Å². The molecule has 2 N–H and O–H groups in total. The zero-order valence-corrected chi connectivity index (χ0v) is 11.3. The van der Waals surface area contributed by atoms with Gasteiger partial charge < -0.3 is 15.2 Å². The van der Waals surface area contributed by atoms with Crippen LogP contribution in [-0.2, 0) is 6.42 Å². The molecule has 3 heteroatoms. The van der Waals surface area contributed by atoms with Crippen molar-refractivity contribution in [3.8, 4) is 5.75 Å². The summed E-state index contributed by atoms with van der Waals surface area (Å²) in [6, 6.07) is 8.05. The molecule has 0 bridgehead atoms. The van der Waals surface area contributed by atoms with Gasteiger partial charge in [0.15, 0.2) is 0 Å². The second kappa shape index (κ2) is 5.72. The van der Waals surface area contributed by atoms with Gasteiger partial charge in [-0.3, -0.25) is 0 Å². The van der Waals surface area contributed by atoms with E-state index in [0.29, 0.717) is 13.0 Å². The highest BCUT2D eigenvalue weighted by Crippen LogP contribution is 2.23. The number of piperidine rings is 1. The maximum absolute atomic E-state index is 10.4. The summed E-state index contributed by atoms with van der Waals surface area (Å²) < 4.78 is 5.61. The molecule has 0 aliphatic carbocycles. The molecule has 1 aliphatic rings. The number of nitrogens with one attached hydrogen (secondary N) is 1. The third-order valence-corrected chi connectivity index (χ3v) is 3.28. The Morgan fingerprint density at radius 3 is 2.61 bits per heavy atom. The highest BCUT2D eigenvalue weighted by Gasteiger charge is 2.29. The Labute approximate surface area is 109 Å². The molecule has 0 radical (unpaired) electrons. The maximum Gasteiger partial charge on any atom is 0.119 e. The summed E-state index contributed by atoms with van der Waals surface area (Å²) in [5.74, 6) is 0.891. The number of benzene rings is 1. The first kappa shape index (κ1) is 13.4. The van der Waals surface area contributed by atoms with Crippen molar-refractivity contribution in [2.75, 3.05) is 13.1 Å². The number of hydrogen-bond acceptors (Lipinski definition) is 3. The van der Waals surface area contributed by atoms with Crippen molar-refractivity contribution in [3.05, 3.63) is 29.8 Å². The zero-order valence-electron chi connectivity index (χ0n) is 11.3. The van der Waals surface area contributed by atoms with E-state index >= 15 is 0 Å². The van der Waals surface area contributed by atoms with Crippen LogP contribution in [0, 0.1) is 0 Å². The molecule has 1 heterocycles. The number of hydrogen-bond donors (Lipinski definition) is 2. The SMILES string of the molecule is CC(C)Oc1ccc(CC2(O)CCCNC2)cc1. The van der Waals surface area contributed by atoms with Crippen molar-refractivity contribution in [3.63, 3.8) is 0 Å². The van der Waals surface area contributed by atoms with Crippen molar-refractivity contribution in [2.24, 2.45) is 0 Å². The van der Waals surface area contributed by atoms with E-state index < -0.39 is 5.60 Å². The van der Waals surface area contributed by atoms with E-state index in [1.54, 1.807) is 0 Å². The van der Waals surface area contributed by atoms with Gasteiger partial charge in [-0.15, -0.1) is 0 Å². The fourth-order valence-corrected chi connectivity index (χ4v) is 2.44. The number of rotatable bonds is 4. The van der Waals surface area contributed by atoms with Crippen molar-refractivity contribution in [2.45, 2.75) is 44.8 Å². The van der Waals surface area contributed by atoms with Gasteiger partial charge in [0.2, 0.25) is 0 Å². The Balaban J connectivity index is 1.97. The second-order valence-corrected chi connectivity index (χ2v) is 5.49. The third kappa shape index (κ3) is 3.72. The lowest BCUT2D eigenvalue weighted by Crippen LogP contribution is -2.47. The number of β-amino-alcohol motifs (C(OH)–C–C–N with tert-alkyl or cyclic N) is 1. The van der Waals surface area contributed by atoms with Crippen molar-refractivity contribution in [1.29, 1.82) is 0 Å². The van der Waals surface area contributed by atoms with Crippen LogP contribution >= 0.6 is 0 Å². The highest BCUT2D eigenvalue weighted by atomic mass is 16.5. The predicted molar refractivity (Wildman–Crippen MR) is 73.0 cm³/mol. The number of aliphatic hydroxyl groups is 1. The Morgan fingerprint density at radius 2 is 2.06 bits per heavy atom. The van der Waals surface area contributed by atoms with Crippen molar-refractivity contribution >= 4 is 0 Å². The van der Waals surface area contributed by atoms with Crippen LogP contribution < -0.4 is 10.1 Å². The van der Waals surface area contributed by atoms with Crippen LogP contribution in [-0.4, -0.2) is 29.9 Å². The van der Waals surface area contributed by atoms with Gasteiger partial charge in [0.1, 0.15) is 5.75 Å². The first-order valence-electron chi connectivity index (χ1n) is 6.76. The van der Waals surface area contributed by atoms with Crippen LogP contribution in [0.4, 0.5) is 0 Å². The van der Waals surface area contributed by atoms with Crippen LogP contribution in [0.3, 0.4) is 0 Å². The van der Waals surface area contributed by atoms with Gasteiger partial charge in [0, 0.05) is 13.0 Å². The van der Waals surface area contributed by atoms with Crippen LogP contribution in [0.15, 0.2) is 24.3 Å². The van der Waals surface area contributed by atoms with Gasteiger partial charge in [0.05, 0.1) is 11.7 Å². The Hall–Kier alpha value is -1.06. The molecule has 2 rings (SSSR count). The lowest BCUT2D eigenvalue weighted by atomic mass is 9.87. The molecule has 1 aromatic rings. The molecule has 0 spiro atoms. The summed E-state index contributed by atoms with van der Waals surface area (Å²) in [5.41, 5.74) is 0.580. The van der Waals surface area contributed by atoms with Gasteiger partial charge in [-0.05, 0) is 50.9 Å². The van der Waals surface area contributed by atoms with E-state index in [0.717, 1.165) is 30.7 Å². The molecule has 0 amide bonds. The first-order valence-corrected chi connectivity index (χ1v) is 6.76. The molecular weight excluding hydrogens is 226 g/mol. The maximum atomic E-state index is 10.4. The molecule has 1 aliphatic heterocycles. The minimum absolute atomic E-state index is 0.197. The molecule has 18 heavy (non-hydrogen) atoms. The largest absolute Gasteiger partial charge is 0.491 e. The van der Waals surface area contributed by atoms with E-state index in [1.165, 1.54) is 0 Å². The molecule has 3 nitrogen and oxygen atoms in total. The zero-order chi connectivity index (χ0) is 13.0. The van der Waals surface area contributed by atoms with E-state index in [-0.39, 0.29) is 6.10 Å². The lowest BCUT2D eigenvalue weighted by Gasteiger charge is -2.32. The quantitative estimate of drug-likeness (QED) is 0.859. The highest BCUT2D eigenvalue weighted by molar-refractivity contribution is 5.28. The lowest BCUT2D eigenvalue weighted by molar-refractivity contribution is 0.0169. The van der Waals surface area contributed by atoms with Crippen molar-refractivity contribution < 1.29 is 9.84 Å². The normalized spacial score (nSPS) is 24.2. The number of ether oxygens (including phenoxy) is 1. The summed E-state index contributed by atoms with van der Waals surface area (Å²) in [5, 5.41) is 13.7. The van der Waals surface area contributed by atoms with Gasteiger partial charge in [-0.1, -0.05) is 12.1 Å². The summed E-state index contributed by atoms with van der Waals surface area (Å²) in [6.07, 6.45) is 2.83. The molecule has 1 atom stereocenters. The topological polar surface area (TPSA) is 41.5 Å².